The topological polar surface area (TPSA) is 53.0 Å². The highest BCUT2D eigenvalue weighted by Gasteiger charge is 2.20. The molecule has 0 aliphatic carbocycles. The van der Waals surface area contributed by atoms with Gasteiger partial charge in [-0.2, -0.15) is 0 Å². The van der Waals surface area contributed by atoms with Crippen LogP contribution >= 0.6 is 35.3 Å². The molecule has 0 radical (unpaired) electrons. The Balaban J connectivity index is 0.00000300. The number of rotatable bonds is 6. The Morgan fingerprint density at radius 3 is 2.66 bits per heavy atom. The maximum Gasteiger partial charge on any atom is 0.194 e. The van der Waals surface area contributed by atoms with Crippen LogP contribution < -0.4 is 10.1 Å². The molecule has 1 aliphatic rings. The lowest BCUT2D eigenvalue weighted by Gasteiger charge is -2.36. The van der Waals surface area contributed by atoms with Crippen molar-refractivity contribution in [1.29, 1.82) is 0 Å². The lowest BCUT2D eigenvalue weighted by Crippen LogP contribution is -2.52. The summed E-state index contributed by atoms with van der Waals surface area (Å²) in [5.41, 5.74) is 0.963. The van der Waals surface area contributed by atoms with Crippen molar-refractivity contribution in [3.8, 4) is 5.75 Å². The first-order valence-electron chi connectivity index (χ1n) is 9.57. The maximum absolute atomic E-state index is 13.9. The Bertz CT molecular complexity index is 808. The first-order valence-corrected chi connectivity index (χ1v) is 10.4. The van der Waals surface area contributed by atoms with Crippen LogP contribution in [0.25, 0.3) is 0 Å². The molecule has 1 N–H and O–H groups in total. The lowest BCUT2D eigenvalue weighted by atomic mass is 10.2. The molecule has 1 aromatic carbocycles. The second-order valence-corrected chi connectivity index (χ2v) is 7.91. The summed E-state index contributed by atoms with van der Waals surface area (Å²) in [7, 11) is 3.30. The quantitative estimate of drug-likeness (QED) is 0.351. The van der Waals surface area contributed by atoms with E-state index in [1.54, 1.807) is 23.5 Å². The van der Waals surface area contributed by atoms with Gasteiger partial charge in [-0.1, -0.05) is 13.0 Å². The Labute approximate surface area is 193 Å². The molecule has 0 spiro atoms. The van der Waals surface area contributed by atoms with E-state index >= 15 is 0 Å². The third kappa shape index (κ3) is 6.51. The third-order valence-corrected chi connectivity index (χ3v) is 6.00. The van der Waals surface area contributed by atoms with Crippen LogP contribution in [0.3, 0.4) is 0 Å². The molecule has 0 saturated carbocycles. The second-order valence-electron chi connectivity index (χ2n) is 6.71. The third-order valence-electron chi connectivity index (χ3n) is 4.85. The fraction of sp³-hybridized carbons (Fsp3) is 0.500. The number of hydrogen-bond acceptors (Lipinski definition) is 5. The van der Waals surface area contributed by atoms with Gasteiger partial charge in [0.25, 0.3) is 0 Å². The molecule has 6 nitrogen and oxygen atoms in total. The molecule has 1 saturated heterocycles. The number of ether oxygens (including phenoxy) is 1. The SMILES string of the molecule is CCc1cnc(CNC(=NC)N2CCN(Cc3ccc(OC)c(F)c3)CC2)s1.I. The smallest absolute Gasteiger partial charge is 0.194 e. The molecule has 0 unspecified atom stereocenters. The number of nitrogens with one attached hydrogen (secondary N) is 1. The van der Waals surface area contributed by atoms with Gasteiger partial charge in [0, 0.05) is 50.8 Å². The van der Waals surface area contributed by atoms with Gasteiger partial charge in [-0.25, -0.2) is 9.37 Å². The first kappa shape index (κ1) is 23.8. The number of aryl methyl sites for hydroxylation is 1. The highest BCUT2D eigenvalue weighted by molar-refractivity contribution is 14.0. The van der Waals surface area contributed by atoms with Crippen molar-refractivity contribution < 1.29 is 9.13 Å². The van der Waals surface area contributed by atoms with Gasteiger partial charge in [0.1, 0.15) is 5.01 Å². The van der Waals surface area contributed by atoms with E-state index in [2.05, 4.69) is 32.0 Å². The van der Waals surface area contributed by atoms with E-state index in [1.165, 1.54) is 12.0 Å². The van der Waals surface area contributed by atoms with Crippen LogP contribution in [0.1, 0.15) is 22.4 Å². The molecule has 2 aromatic rings. The summed E-state index contributed by atoms with van der Waals surface area (Å²) in [4.78, 5) is 14.8. The molecule has 3 rings (SSSR count). The van der Waals surface area contributed by atoms with Crippen LogP contribution in [0, 0.1) is 5.82 Å². The van der Waals surface area contributed by atoms with Crippen molar-refractivity contribution >= 4 is 41.3 Å². The van der Waals surface area contributed by atoms with Crippen LogP contribution in [-0.2, 0) is 19.5 Å². The molecule has 0 bridgehead atoms. The van der Waals surface area contributed by atoms with Crippen molar-refractivity contribution in [2.24, 2.45) is 4.99 Å². The van der Waals surface area contributed by atoms with E-state index in [0.717, 1.165) is 55.7 Å². The Morgan fingerprint density at radius 2 is 2.07 bits per heavy atom. The van der Waals surface area contributed by atoms with Crippen LogP contribution in [0.15, 0.2) is 29.4 Å². The van der Waals surface area contributed by atoms with Crippen molar-refractivity contribution in [2.45, 2.75) is 26.4 Å². The number of aliphatic imine (C=N–C) groups is 1. The fourth-order valence-corrected chi connectivity index (χ4v) is 4.07. The predicted octanol–water partition coefficient (Wildman–Crippen LogP) is 3.36. The number of benzene rings is 1. The molecule has 1 fully saturated rings. The van der Waals surface area contributed by atoms with Crippen LogP contribution in [-0.4, -0.2) is 61.1 Å². The summed E-state index contributed by atoms with van der Waals surface area (Å²) in [6, 6.07) is 5.17. The number of piperazine rings is 1. The van der Waals surface area contributed by atoms with E-state index < -0.39 is 0 Å². The average Bonchev–Trinajstić information content (AvgIpc) is 3.18. The number of hydrogen-bond donors (Lipinski definition) is 1. The molecule has 160 valence electrons. The molecular formula is C20H29FIN5OS. The van der Waals surface area contributed by atoms with E-state index in [0.29, 0.717) is 6.54 Å². The first-order chi connectivity index (χ1) is 13.6. The monoisotopic (exact) mass is 533 g/mol. The van der Waals surface area contributed by atoms with Gasteiger partial charge in [0.15, 0.2) is 17.5 Å². The van der Waals surface area contributed by atoms with Crippen molar-refractivity contribution in [2.75, 3.05) is 40.3 Å². The predicted molar refractivity (Wildman–Crippen MR) is 127 cm³/mol. The van der Waals surface area contributed by atoms with E-state index in [9.17, 15) is 4.39 Å². The molecular weight excluding hydrogens is 504 g/mol. The number of aromatic nitrogens is 1. The highest BCUT2D eigenvalue weighted by Crippen LogP contribution is 2.19. The molecule has 1 aliphatic heterocycles. The van der Waals surface area contributed by atoms with E-state index in [-0.39, 0.29) is 35.5 Å². The zero-order valence-corrected chi connectivity index (χ0v) is 20.3. The molecule has 0 amide bonds. The van der Waals surface area contributed by atoms with Crippen molar-refractivity contribution in [3.05, 3.63) is 45.7 Å². The minimum atomic E-state index is -0.309. The summed E-state index contributed by atoms with van der Waals surface area (Å²) >= 11 is 1.74. The van der Waals surface area contributed by atoms with Crippen molar-refractivity contribution in [3.63, 3.8) is 0 Å². The average molecular weight is 533 g/mol. The second kappa shape index (κ2) is 11.7. The minimum absolute atomic E-state index is 0. The number of nitrogens with zero attached hydrogens (tertiary/aromatic N) is 4. The summed E-state index contributed by atoms with van der Waals surface area (Å²) in [6.45, 7) is 7.16. The Hall–Kier alpha value is -1.46. The highest BCUT2D eigenvalue weighted by atomic mass is 127. The maximum atomic E-state index is 13.9. The van der Waals surface area contributed by atoms with Gasteiger partial charge in [0.2, 0.25) is 0 Å². The van der Waals surface area contributed by atoms with Gasteiger partial charge in [-0.3, -0.25) is 9.89 Å². The van der Waals surface area contributed by atoms with Gasteiger partial charge < -0.3 is 15.0 Å². The minimum Gasteiger partial charge on any atom is -0.494 e. The lowest BCUT2D eigenvalue weighted by molar-refractivity contribution is 0.172. The zero-order valence-electron chi connectivity index (χ0n) is 17.2. The van der Waals surface area contributed by atoms with E-state index in [1.807, 2.05) is 19.3 Å². The number of methoxy groups -OCH3 is 1. The van der Waals surface area contributed by atoms with E-state index in [4.69, 9.17) is 4.74 Å². The van der Waals surface area contributed by atoms with Gasteiger partial charge in [0.05, 0.1) is 13.7 Å². The number of thiazole rings is 1. The number of guanidine groups is 1. The number of halogens is 2. The Morgan fingerprint density at radius 1 is 1.31 bits per heavy atom. The van der Waals surface area contributed by atoms with Crippen LogP contribution in [0.4, 0.5) is 4.39 Å². The largest absolute Gasteiger partial charge is 0.494 e. The summed E-state index contributed by atoms with van der Waals surface area (Å²) < 4.78 is 18.9. The fourth-order valence-electron chi connectivity index (χ4n) is 3.26. The summed E-state index contributed by atoms with van der Waals surface area (Å²) in [6.07, 6.45) is 2.97. The summed E-state index contributed by atoms with van der Waals surface area (Å²) in [5, 5.41) is 4.50. The molecule has 1 aromatic heterocycles. The van der Waals surface area contributed by atoms with Gasteiger partial charge in [-0.15, -0.1) is 35.3 Å². The van der Waals surface area contributed by atoms with Gasteiger partial charge in [-0.05, 0) is 24.1 Å². The molecule has 0 atom stereocenters. The zero-order chi connectivity index (χ0) is 19.9. The molecule has 2 heterocycles. The van der Waals surface area contributed by atoms with Crippen LogP contribution in [0.5, 0.6) is 5.75 Å². The standard InChI is InChI=1S/C20H28FN5OS.HI/c1-4-16-12-23-19(28-16)13-24-20(22-2)26-9-7-25(8-10-26)14-15-5-6-18(27-3)17(21)11-15;/h5-6,11-12H,4,7-10,13-14H2,1-3H3,(H,22,24);1H. The van der Waals surface area contributed by atoms with Gasteiger partial charge >= 0.3 is 0 Å². The Kier molecular flexibility index (Phi) is 9.57. The van der Waals surface area contributed by atoms with Crippen LogP contribution in [0.2, 0.25) is 0 Å². The molecule has 9 heteroatoms. The summed E-state index contributed by atoms with van der Waals surface area (Å²) in [5.74, 6) is 0.884. The van der Waals surface area contributed by atoms with Crippen molar-refractivity contribution in [1.82, 2.24) is 20.1 Å². The normalized spacial score (nSPS) is 15.2. The molecule has 29 heavy (non-hydrogen) atoms.